The van der Waals surface area contributed by atoms with Gasteiger partial charge in [0.15, 0.2) is 5.78 Å². The van der Waals surface area contributed by atoms with Gasteiger partial charge in [-0.2, -0.15) is 0 Å². The number of ketones is 1. The second-order valence-electron chi connectivity index (χ2n) is 3.49. The van der Waals surface area contributed by atoms with Crippen LogP contribution in [0.3, 0.4) is 0 Å². The normalized spacial score (nSPS) is 11.2. The summed E-state index contributed by atoms with van der Waals surface area (Å²) in [5.41, 5.74) is -0.415. The summed E-state index contributed by atoms with van der Waals surface area (Å²) in [5.74, 6) is -1.83. The SMILES string of the molecule is CC(C)(C)OCC(=O)CC(=O)[O-]. The summed E-state index contributed by atoms with van der Waals surface area (Å²) in [6.45, 7) is 5.20. The number of hydrogen-bond donors (Lipinski definition) is 0. The van der Waals surface area contributed by atoms with Gasteiger partial charge in [0.2, 0.25) is 0 Å². The Morgan fingerprint density at radius 3 is 2.17 bits per heavy atom. The molecule has 70 valence electrons. The largest absolute Gasteiger partial charge is 0.550 e. The summed E-state index contributed by atoms with van der Waals surface area (Å²) < 4.78 is 5.05. The van der Waals surface area contributed by atoms with E-state index in [0.29, 0.717) is 0 Å². The summed E-state index contributed by atoms with van der Waals surface area (Å²) in [4.78, 5) is 20.7. The van der Waals surface area contributed by atoms with Crippen LogP contribution in [0.4, 0.5) is 0 Å². The van der Waals surface area contributed by atoms with Crippen LogP contribution in [0, 0.1) is 0 Å². The van der Waals surface area contributed by atoms with Crippen LogP contribution in [0.15, 0.2) is 0 Å². The fourth-order valence-corrected chi connectivity index (χ4v) is 0.509. The number of Topliss-reactive ketones (excluding diaryl/α,β-unsaturated/α-hetero) is 1. The minimum Gasteiger partial charge on any atom is -0.550 e. The lowest BCUT2D eigenvalue weighted by atomic mass is 10.2. The van der Waals surface area contributed by atoms with Crippen LogP contribution < -0.4 is 5.11 Å². The molecule has 0 aliphatic carbocycles. The van der Waals surface area contributed by atoms with E-state index in [1.807, 2.05) is 0 Å². The number of carbonyl (C=O) groups excluding carboxylic acids is 2. The predicted octanol–water partition coefficient (Wildman–Crippen LogP) is -0.489. The van der Waals surface area contributed by atoms with Gasteiger partial charge in [0.05, 0.1) is 5.60 Å². The number of ether oxygens (including phenoxy) is 1. The van der Waals surface area contributed by atoms with Gasteiger partial charge in [0.1, 0.15) is 6.61 Å². The predicted molar refractivity (Wildman–Crippen MR) is 40.3 cm³/mol. The first-order valence-corrected chi connectivity index (χ1v) is 3.67. The molecule has 0 fully saturated rings. The van der Waals surface area contributed by atoms with Gasteiger partial charge in [0, 0.05) is 12.4 Å². The molecule has 4 nitrogen and oxygen atoms in total. The van der Waals surface area contributed by atoms with E-state index in [1.165, 1.54) is 0 Å². The Kier molecular flexibility index (Phi) is 3.89. The van der Waals surface area contributed by atoms with Crippen LogP contribution >= 0.6 is 0 Å². The molecule has 0 heterocycles. The minimum absolute atomic E-state index is 0.169. The van der Waals surface area contributed by atoms with Crippen molar-refractivity contribution >= 4 is 11.8 Å². The number of hydrogen-bond acceptors (Lipinski definition) is 4. The summed E-state index contributed by atoms with van der Waals surface area (Å²) in [7, 11) is 0. The first-order chi connectivity index (χ1) is 5.31. The van der Waals surface area contributed by atoms with Crippen molar-refractivity contribution in [1.82, 2.24) is 0 Å². The molecule has 0 unspecified atom stereocenters. The molecule has 0 saturated heterocycles. The van der Waals surface area contributed by atoms with Gasteiger partial charge in [-0.25, -0.2) is 0 Å². The van der Waals surface area contributed by atoms with Crippen molar-refractivity contribution in [2.75, 3.05) is 6.61 Å². The quantitative estimate of drug-likeness (QED) is 0.538. The lowest BCUT2D eigenvalue weighted by Gasteiger charge is -2.18. The number of carboxylic acid groups (broad SMARTS) is 1. The van der Waals surface area contributed by atoms with Gasteiger partial charge in [-0.1, -0.05) is 0 Å². The highest BCUT2D eigenvalue weighted by molar-refractivity contribution is 5.94. The molecule has 0 N–H and O–H groups in total. The van der Waals surface area contributed by atoms with Crippen molar-refractivity contribution in [3.05, 3.63) is 0 Å². The van der Waals surface area contributed by atoms with Gasteiger partial charge >= 0.3 is 0 Å². The molecule has 0 aliphatic rings. The molecule has 0 saturated carbocycles. The maximum Gasteiger partial charge on any atom is 0.164 e. The van der Waals surface area contributed by atoms with Crippen molar-refractivity contribution in [3.8, 4) is 0 Å². The first-order valence-electron chi connectivity index (χ1n) is 3.67. The molecular weight excluding hydrogens is 160 g/mol. The third kappa shape index (κ3) is 7.21. The lowest BCUT2D eigenvalue weighted by Crippen LogP contribution is -2.29. The third-order valence-electron chi connectivity index (χ3n) is 1.01. The third-order valence-corrected chi connectivity index (χ3v) is 1.01. The highest BCUT2D eigenvalue weighted by Crippen LogP contribution is 2.06. The van der Waals surface area contributed by atoms with E-state index in [2.05, 4.69) is 0 Å². The summed E-state index contributed by atoms with van der Waals surface area (Å²) >= 11 is 0. The van der Waals surface area contributed by atoms with Crippen molar-refractivity contribution < 1.29 is 19.4 Å². The van der Waals surface area contributed by atoms with Crippen LogP contribution in [0.1, 0.15) is 27.2 Å². The fourth-order valence-electron chi connectivity index (χ4n) is 0.509. The van der Waals surface area contributed by atoms with Crippen molar-refractivity contribution in [1.29, 1.82) is 0 Å². The molecule has 4 heteroatoms. The van der Waals surface area contributed by atoms with Gasteiger partial charge < -0.3 is 14.6 Å². The van der Waals surface area contributed by atoms with Gasteiger partial charge in [0.25, 0.3) is 0 Å². The first kappa shape index (κ1) is 11.1. The summed E-state index contributed by atoms with van der Waals surface area (Å²) in [6.07, 6.45) is -0.573. The maximum atomic E-state index is 10.8. The highest BCUT2D eigenvalue weighted by Gasteiger charge is 2.12. The number of carboxylic acids is 1. The van der Waals surface area contributed by atoms with E-state index in [1.54, 1.807) is 20.8 Å². The van der Waals surface area contributed by atoms with Crippen molar-refractivity contribution in [3.63, 3.8) is 0 Å². The maximum absolute atomic E-state index is 10.8. The Morgan fingerprint density at radius 2 is 1.83 bits per heavy atom. The number of carbonyl (C=O) groups is 2. The Morgan fingerprint density at radius 1 is 1.33 bits per heavy atom. The number of rotatable bonds is 4. The Bertz CT molecular complexity index is 178. The smallest absolute Gasteiger partial charge is 0.164 e. The zero-order chi connectivity index (χ0) is 9.78. The van der Waals surface area contributed by atoms with Gasteiger partial charge in [-0.15, -0.1) is 0 Å². The molecule has 0 aliphatic heterocycles. The topological polar surface area (TPSA) is 66.4 Å². The zero-order valence-electron chi connectivity index (χ0n) is 7.55. The Labute approximate surface area is 71.5 Å². The Balaban J connectivity index is 3.65. The van der Waals surface area contributed by atoms with E-state index < -0.39 is 23.8 Å². The van der Waals surface area contributed by atoms with E-state index >= 15 is 0 Å². The molecule has 12 heavy (non-hydrogen) atoms. The molecule has 0 radical (unpaired) electrons. The molecule has 0 rings (SSSR count). The highest BCUT2D eigenvalue weighted by atomic mass is 16.5. The van der Waals surface area contributed by atoms with Crippen LogP contribution in [0.25, 0.3) is 0 Å². The van der Waals surface area contributed by atoms with E-state index in [9.17, 15) is 14.7 Å². The molecule has 0 aromatic rings. The molecule has 0 aromatic carbocycles. The van der Waals surface area contributed by atoms with E-state index in [4.69, 9.17) is 4.74 Å². The summed E-state index contributed by atoms with van der Waals surface area (Å²) in [6, 6.07) is 0. The van der Waals surface area contributed by atoms with Crippen LogP contribution in [-0.2, 0) is 14.3 Å². The standard InChI is InChI=1S/C8H14O4/c1-8(2,3)12-5-6(9)4-7(10)11/h4-5H2,1-3H3,(H,10,11)/p-1. The van der Waals surface area contributed by atoms with Gasteiger partial charge in [-0.3, -0.25) is 4.79 Å². The zero-order valence-corrected chi connectivity index (χ0v) is 7.55. The monoisotopic (exact) mass is 173 g/mol. The fraction of sp³-hybridized carbons (Fsp3) is 0.750. The van der Waals surface area contributed by atoms with Crippen molar-refractivity contribution in [2.45, 2.75) is 32.8 Å². The second-order valence-corrected chi connectivity index (χ2v) is 3.49. The molecule has 0 atom stereocenters. The molecule has 0 aromatic heterocycles. The molecular formula is C8H13O4-. The minimum atomic E-state index is -1.36. The second kappa shape index (κ2) is 4.21. The van der Waals surface area contributed by atoms with Crippen LogP contribution in [-0.4, -0.2) is 24.0 Å². The average Bonchev–Trinajstić information content (AvgIpc) is 1.80. The average molecular weight is 173 g/mol. The molecule has 0 spiro atoms. The summed E-state index contributed by atoms with van der Waals surface area (Å²) in [5, 5.41) is 9.95. The van der Waals surface area contributed by atoms with E-state index in [-0.39, 0.29) is 6.61 Å². The van der Waals surface area contributed by atoms with E-state index in [0.717, 1.165) is 0 Å². The van der Waals surface area contributed by atoms with Crippen LogP contribution in [0.2, 0.25) is 0 Å². The van der Waals surface area contributed by atoms with Gasteiger partial charge in [-0.05, 0) is 20.8 Å². The lowest BCUT2D eigenvalue weighted by molar-refractivity contribution is -0.304. The van der Waals surface area contributed by atoms with Crippen LogP contribution in [0.5, 0.6) is 0 Å². The Hall–Kier alpha value is -0.900. The molecule has 0 bridgehead atoms. The van der Waals surface area contributed by atoms with Crippen molar-refractivity contribution in [2.24, 2.45) is 0 Å². The molecule has 0 amide bonds. The number of aliphatic carboxylic acids is 1.